The van der Waals surface area contributed by atoms with Crippen molar-refractivity contribution in [3.05, 3.63) is 72.9 Å². The second-order valence-corrected chi connectivity index (χ2v) is 19.1. The van der Waals surface area contributed by atoms with Gasteiger partial charge in [-0.15, -0.1) is 0 Å². The first-order valence-corrected chi connectivity index (χ1v) is 28.2. The Morgan fingerprint density at radius 1 is 0.455 bits per heavy atom. The molecule has 0 aromatic heterocycles. The Kier molecular flexibility index (Phi) is 51.1. The fourth-order valence-electron chi connectivity index (χ4n) is 8.30. The van der Waals surface area contributed by atoms with Crippen LogP contribution >= 0.6 is 0 Å². The van der Waals surface area contributed by atoms with Crippen molar-refractivity contribution in [2.45, 2.75) is 289 Å². The molecule has 0 heterocycles. The molecule has 1 amide bonds. The number of hydrogen-bond donors (Lipinski definition) is 3. The van der Waals surface area contributed by atoms with Crippen LogP contribution in [-0.4, -0.2) is 46.9 Å². The predicted octanol–water partition coefficient (Wildman–Crippen LogP) is 17.3. The van der Waals surface area contributed by atoms with Gasteiger partial charge in [-0.3, -0.25) is 9.59 Å². The Morgan fingerprint density at radius 3 is 1.33 bits per heavy atom. The molecule has 66 heavy (non-hydrogen) atoms. The highest BCUT2D eigenvalue weighted by Crippen LogP contribution is 2.18. The van der Waals surface area contributed by atoms with Crippen molar-refractivity contribution in [1.29, 1.82) is 0 Å². The van der Waals surface area contributed by atoms with Crippen molar-refractivity contribution >= 4 is 11.9 Å². The number of hydrogen-bond acceptors (Lipinski definition) is 5. The van der Waals surface area contributed by atoms with Crippen LogP contribution in [-0.2, 0) is 14.3 Å². The Morgan fingerprint density at radius 2 is 0.833 bits per heavy atom. The highest BCUT2D eigenvalue weighted by atomic mass is 16.5. The van der Waals surface area contributed by atoms with Gasteiger partial charge in [0.15, 0.2) is 0 Å². The summed E-state index contributed by atoms with van der Waals surface area (Å²) in [5, 5.41) is 23.8. The maximum atomic E-state index is 13.2. The van der Waals surface area contributed by atoms with Gasteiger partial charge in [0.2, 0.25) is 5.91 Å². The van der Waals surface area contributed by atoms with Crippen molar-refractivity contribution < 1.29 is 24.5 Å². The molecule has 3 N–H and O–H groups in total. The zero-order valence-electron chi connectivity index (χ0n) is 43.6. The fourth-order valence-corrected chi connectivity index (χ4v) is 8.30. The van der Waals surface area contributed by atoms with Crippen molar-refractivity contribution in [1.82, 2.24) is 5.32 Å². The number of ether oxygens (including phenoxy) is 1. The topological polar surface area (TPSA) is 95.9 Å². The maximum absolute atomic E-state index is 13.2. The van der Waals surface area contributed by atoms with Crippen LogP contribution in [0.1, 0.15) is 271 Å². The molecule has 0 spiro atoms. The van der Waals surface area contributed by atoms with Gasteiger partial charge in [-0.05, 0) is 83.5 Å². The van der Waals surface area contributed by atoms with E-state index in [1.165, 1.54) is 148 Å². The first-order chi connectivity index (χ1) is 32.5. The summed E-state index contributed by atoms with van der Waals surface area (Å²) in [7, 11) is 0. The van der Waals surface area contributed by atoms with Gasteiger partial charge in [0, 0.05) is 6.42 Å². The van der Waals surface area contributed by atoms with Gasteiger partial charge in [-0.25, -0.2) is 0 Å². The predicted molar refractivity (Wildman–Crippen MR) is 287 cm³/mol. The van der Waals surface area contributed by atoms with E-state index in [0.29, 0.717) is 19.3 Å². The first-order valence-electron chi connectivity index (χ1n) is 28.2. The molecule has 0 aliphatic carbocycles. The second-order valence-electron chi connectivity index (χ2n) is 19.1. The number of carbonyl (C=O) groups is 2. The van der Waals surface area contributed by atoms with E-state index in [2.05, 4.69) is 99.0 Å². The smallest absolute Gasteiger partial charge is 0.306 e. The van der Waals surface area contributed by atoms with Gasteiger partial charge in [0.25, 0.3) is 0 Å². The molecule has 0 saturated carbocycles. The second kappa shape index (κ2) is 53.3. The average molecular weight is 923 g/mol. The number of unbranched alkanes of at least 4 members (excludes halogenated alkanes) is 29. The van der Waals surface area contributed by atoms with Crippen molar-refractivity contribution in [2.75, 3.05) is 6.61 Å². The molecule has 0 rings (SSSR count). The molecule has 0 aliphatic rings. The number of aliphatic hydroxyl groups is 2. The molecule has 0 saturated heterocycles. The SMILES string of the molecule is CCCCC/C=C\C/C=C\CCCCCCCCCCCC(=O)OC(CCCCC/C=C/C=C/C=C/C=C/CCCCC)CC(=O)NC(CO)C(O)CCCCCCCCCCCCCC. The molecule has 0 aromatic rings. The number of rotatable bonds is 50. The molecule has 0 aromatic carbocycles. The number of aliphatic hydroxyl groups excluding tert-OH is 2. The fraction of sp³-hybridized carbons (Fsp3) is 0.767. The summed E-state index contributed by atoms with van der Waals surface area (Å²) in [5.74, 6) is -0.514. The van der Waals surface area contributed by atoms with Crippen molar-refractivity contribution in [3.8, 4) is 0 Å². The third kappa shape index (κ3) is 47.8. The number of nitrogens with one attached hydrogen (secondary N) is 1. The molecule has 3 unspecified atom stereocenters. The molecule has 0 bridgehead atoms. The third-order valence-electron chi connectivity index (χ3n) is 12.6. The molecular weight excluding hydrogens is 815 g/mol. The molecule has 0 aliphatic heterocycles. The van der Waals surface area contributed by atoms with E-state index in [9.17, 15) is 19.8 Å². The third-order valence-corrected chi connectivity index (χ3v) is 12.6. The summed E-state index contributed by atoms with van der Waals surface area (Å²) < 4.78 is 5.94. The summed E-state index contributed by atoms with van der Waals surface area (Å²) in [6.45, 7) is 6.42. The number of allylic oxidation sites excluding steroid dienone is 12. The van der Waals surface area contributed by atoms with E-state index < -0.39 is 18.2 Å². The van der Waals surface area contributed by atoms with Crippen molar-refractivity contribution in [2.24, 2.45) is 0 Å². The van der Waals surface area contributed by atoms with Crippen LogP contribution in [0.4, 0.5) is 0 Å². The van der Waals surface area contributed by atoms with Gasteiger partial charge < -0.3 is 20.3 Å². The van der Waals surface area contributed by atoms with Crippen LogP contribution in [0, 0.1) is 0 Å². The molecule has 3 atom stereocenters. The highest BCUT2D eigenvalue weighted by Gasteiger charge is 2.24. The van der Waals surface area contributed by atoms with Gasteiger partial charge in [0.1, 0.15) is 6.10 Å². The zero-order valence-corrected chi connectivity index (χ0v) is 43.6. The lowest BCUT2D eigenvalue weighted by Gasteiger charge is -2.24. The number of amides is 1. The van der Waals surface area contributed by atoms with Crippen LogP contribution in [0.25, 0.3) is 0 Å². The molecular formula is C60H107NO5. The van der Waals surface area contributed by atoms with E-state index in [0.717, 1.165) is 77.0 Å². The van der Waals surface area contributed by atoms with Crippen molar-refractivity contribution in [3.63, 3.8) is 0 Å². The first kappa shape index (κ1) is 63.3. The lowest BCUT2D eigenvalue weighted by molar-refractivity contribution is -0.151. The minimum Gasteiger partial charge on any atom is -0.462 e. The van der Waals surface area contributed by atoms with E-state index in [-0.39, 0.29) is 24.9 Å². The number of esters is 1. The van der Waals surface area contributed by atoms with E-state index >= 15 is 0 Å². The summed E-state index contributed by atoms with van der Waals surface area (Å²) in [6.07, 6.45) is 68.1. The normalized spacial score (nSPS) is 13.7. The standard InChI is InChI=1S/C60H107NO5/c1-4-7-10-13-16-19-22-25-27-29-30-31-33-35-38-41-44-47-50-53-60(65)66-56(51-48-45-42-39-36-34-32-28-26-23-20-17-14-11-8-5-2)54-59(64)61-57(55-62)58(63)52-49-46-43-40-37-24-21-18-15-12-9-6-3/h16-17,19-20,23,25-28,32,34,36,56-58,62-63H,4-15,18,21-22,24,29-31,33,35,37-55H2,1-3H3,(H,61,64)/b19-16-,20-17+,26-23+,27-25-,32-28+,36-34+. The molecule has 6 heteroatoms. The molecule has 0 fully saturated rings. The summed E-state index contributed by atoms with van der Waals surface area (Å²) in [4.78, 5) is 26.2. The summed E-state index contributed by atoms with van der Waals surface area (Å²) in [5.41, 5.74) is 0. The Hall–Kier alpha value is -2.70. The van der Waals surface area contributed by atoms with Crippen LogP contribution in [0.2, 0.25) is 0 Å². The van der Waals surface area contributed by atoms with Crippen LogP contribution < -0.4 is 5.32 Å². The van der Waals surface area contributed by atoms with Gasteiger partial charge in [-0.2, -0.15) is 0 Å². The summed E-state index contributed by atoms with van der Waals surface area (Å²) in [6, 6.07) is -0.718. The Balaban J connectivity index is 4.64. The minimum atomic E-state index is -0.802. The quantitative estimate of drug-likeness (QED) is 0.0244. The molecule has 0 radical (unpaired) electrons. The van der Waals surface area contributed by atoms with Crippen LogP contribution in [0.3, 0.4) is 0 Å². The van der Waals surface area contributed by atoms with Gasteiger partial charge >= 0.3 is 5.97 Å². The largest absolute Gasteiger partial charge is 0.462 e. The van der Waals surface area contributed by atoms with Crippen LogP contribution in [0.15, 0.2) is 72.9 Å². The van der Waals surface area contributed by atoms with E-state index in [1.54, 1.807) is 0 Å². The molecule has 382 valence electrons. The van der Waals surface area contributed by atoms with Crippen LogP contribution in [0.5, 0.6) is 0 Å². The minimum absolute atomic E-state index is 0.0481. The maximum Gasteiger partial charge on any atom is 0.306 e. The van der Waals surface area contributed by atoms with E-state index in [1.807, 2.05) is 0 Å². The summed E-state index contributed by atoms with van der Waals surface area (Å²) >= 11 is 0. The number of carbonyl (C=O) groups excluding carboxylic acids is 2. The highest BCUT2D eigenvalue weighted by molar-refractivity contribution is 5.77. The Labute approximate surface area is 409 Å². The monoisotopic (exact) mass is 922 g/mol. The van der Waals surface area contributed by atoms with Gasteiger partial charge in [0.05, 0.1) is 25.2 Å². The van der Waals surface area contributed by atoms with Gasteiger partial charge in [-0.1, -0.05) is 248 Å². The zero-order chi connectivity index (χ0) is 48.1. The molecule has 6 nitrogen and oxygen atoms in total. The van der Waals surface area contributed by atoms with E-state index in [4.69, 9.17) is 4.74 Å². The Bertz CT molecular complexity index is 1220. The average Bonchev–Trinajstić information content (AvgIpc) is 3.31. The lowest BCUT2D eigenvalue weighted by atomic mass is 10.0. The lowest BCUT2D eigenvalue weighted by Crippen LogP contribution is -2.46.